The van der Waals surface area contributed by atoms with Crippen molar-refractivity contribution in [1.29, 1.82) is 0 Å². The first-order valence-corrected chi connectivity index (χ1v) is 13.5. The molecule has 0 radical (unpaired) electrons. The number of carbonyl (C=O) groups excluding carboxylic acids is 1. The average molecular weight is 654 g/mol. The maximum absolute atomic E-state index is 14.5. The third-order valence-corrected chi connectivity index (χ3v) is 7.38. The van der Waals surface area contributed by atoms with Crippen LogP contribution < -0.4 is 5.32 Å². The predicted octanol–water partition coefficient (Wildman–Crippen LogP) is 8.08. The van der Waals surface area contributed by atoms with E-state index in [0.717, 1.165) is 24.3 Å². The van der Waals surface area contributed by atoms with Crippen molar-refractivity contribution in [3.8, 4) is 0 Å². The summed E-state index contributed by atoms with van der Waals surface area (Å²) in [7, 11) is 0. The highest BCUT2D eigenvalue weighted by Gasteiger charge is 2.62. The molecule has 1 aliphatic heterocycles. The smallest absolute Gasteiger partial charge is 0.391 e. The Balaban J connectivity index is 1.32. The first-order valence-electron chi connectivity index (χ1n) is 12.8. The number of nitrogens with zero attached hydrogens (tertiary/aromatic N) is 2. The van der Waals surface area contributed by atoms with Crippen molar-refractivity contribution in [2.75, 3.05) is 6.54 Å². The fourth-order valence-electron chi connectivity index (χ4n) is 4.65. The van der Waals surface area contributed by atoms with E-state index in [-0.39, 0.29) is 30.0 Å². The minimum absolute atomic E-state index is 0.0515. The molecule has 6 nitrogen and oxygen atoms in total. The van der Waals surface area contributed by atoms with E-state index in [2.05, 4.69) is 15.6 Å². The number of benzene rings is 4. The summed E-state index contributed by atoms with van der Waals surface area (Å²) in [4.78, 5) is 23.0. The largest absolute Gasteiger partial charge is 0.435 e. The highest BCUT2D eigenvalue weighted by Crippen LogP contribution is 2.50. The molecular formula is C30H19Cl2F6N3O3. The molecule has 44 heavy (non-hydrogen) atoms. The molecule has 228 valence electrons. The zero-order valence-corrected chi connectivity index (χ0v) is 23.7. The molecule has 1 heterocycles. The van der Waals surface area contributed by atoms with E-state index in [4.69, 9.17) is 32.9 Å². The number of hydrogen-bond donors (Lipinski definition) is 1. The molecule has 0 aromatic heterocycles. The summed E-state index contributed by atoms with van der Waals surface area (Å²) in [6.07, 6.45) is -4.51. The third kappa shape index (κ3) is 6.04. The summed E-state index contributed by atoms with van der Waals surface area (Å²) in [6.45, 7) is -0.178. The Morgan fingerprint density at radius 3 is 2.39 bits per heavy atom. The summed E-state index contributed by atoms with van der Waals surface area (Å²) >= 11 is 11.6. The Bertz CT molecular complexity index is 1790. The van der Waals surface area contributed by atoms with Gasteiger partial charge < -0.3 is 15.0 Å². The molecule has 1 N–H and O–H groups in total. The van der Waals surface area contributed by atoms with Gasteiger partial charge >= 0.3 is 6.18 Å². The van der Waals surface area contributed by atoms with Gasteiger partial charge in [0.2, 0.25) is 0 Å². The third-order valence-electron chi connectivity index (χ3n) is 6.83. The van der Waals surface area contributed by atoms with Crippen LogP contribution in [0, 0.1) is 17.5 Å². The lowest BCUT2D eigenvalue weighted by Crippen LogP contribution is -2.42. The van der Waals surface area contributed by atoms with Crippen LogP contribution in [-0.4, -0.2) is 30.6 Å². The Hall–Kier alpha value is -4.29. The minimum atomic E-state index is -4.99. The second-order valence-electron chi connectivity index (χ2n) is 9.61. The van der Waals surface area contributed by atoms with E-state index in [9.17, 15) is 31.1 Å². The number of rotatable bonds is 8. The summed E-state index contributed by atoms with van der Waals surface area (Å²) in [6, 6.07) is 14.3. The van der Waals surface area contributed by atoms with E-state index in [1.807, 2.05) is 0 Å². The molecule has 1 unspecified atom stereocenters. The second kappa shape index (κ2) is 12.4. The molecule has 4 aromatic rings. The van der Waals surface area contributed by atoms with Gasteiger partial charge in [-0.25, -0.2) is 13.2 Å². The van der Waals surface area contributed by atoms with Crippen LogP contribution in [0.4, 0.5) is 26.3 Å². The average Bonchev–Trinajstić information content (AvgIpc) is 3.45. The van der Waals surface area contributed by atoms with Crippen LogP contribution in [0.15, 0.2) is 77.0 Å². The monoisotopic (exact) mass is 653 g/mol. The molecular weight excluding hydrogens is 635 g/mol. The molecule has 0 aliphatic carbocycles. The molecule has 1 amide bonds. The van der Waals surface area contributed by atoms with Gasteiger partial charge in [0, 0.05) is 23.1 Å². The van der Waals surface area contributed by atoms with Crippen molar-refractivity contribution in [1.82, 2.24) is 5.32 Å². The standard InChI is InChI=1S/C30H19Cl2F6N3O3/c31-22-12-17(13-23(32)27(22)35)29(30(36,37)38)14-26(41-44-29)20-6-7-21(19-4-2-1-3-18(19)20)28(42)39-9-10-40-43-15-16-5-8-24(33)25(34)11-16/h1-8,10-13H,9,14-15H2,(H,39,42). The summed E-state index contributed by atoms with van der Waals surface area (Å²) in [5.74, 6) is -3.57. The Kier molecular flexibility index (Phi) is 8.76. The Morgan fingerprint density at radius 1 is 1.00 bits per heavy atom. The Morgan fingerprint density at radius 2 is 1.70 bits per heavy atom. The molecule has 1 atom stereocenters. The molecule has 5 rings (SSSR count). The molecule has 0 spiro atoms. The number of halogens is 8. The normalized spacial score (nSPS) is 16.7. The van der Waals surface area contributed by atoms with Crippen LogP contribution in [0.3, 0.4) is 0 Å². The lowest BCUT2D eigenvalue weighted by molar-refractivity contribution is -0.275. The first-order chi connectivity index (χ1) is 20.9. The number of alkyl halides is 3. The van der Waals surface area contributed by atoms with Crippen LogP contribution in [0.25, 0.3) is 10.8 Å². The molecule has 0 bridgehead atoms. The van der Waals surface area contributed by atoms with Gasteiger partial charge in [0.05, 0.1) is 28.5 Å². The van der Waals surface area contributed by atoms with Crippen molar-refractivity contribution in [2.24, 2.45) is 10.3 Å². The van der Waals surface area contributed by atoms with Crippen molar-refractivity contribution in [2.45, 2.75) is 24.8 Å². The van der Waals surface area contributed by atoms with E-state index in [1.165, 1.54) is 24.4 Å². The highest BCUT2D eigenvalue weighted by atomic mass is 35.5. The van der Waals surface area contributed by atoms with Gasteiger partial charge in [-0.3, -0.25) is 4.79 Å². The number of fused-ring (bicyclic) bond motifs is 1. The van der Waals surface area contributed by atoms with Crippen molar-refractivity contribution >= 4 is 51.8 Å². The van der Waals surface area contributed by atoms with E-state index in [0.29, 0.717) is 16.3 Å². The van der Waals surface area contributed by atoms with Crippen molar-refractivity contribution in [3.05, 3.63) is 116 Å². The van der Waals surface area contributed by atoms with Crippen LogP contribution in [0.2, 0.25) is 10.0 Å². The van der Waals surface area contributed by atoms with Crippen molar-refractivity contribution in [3.63, 3.8) is 0 Å². The number of oxime groups is 2. The number of hydrogen-bond acceptors (Lipinski definition) is 5. The van der Waals surface area contributed by atoms with E-state index in [1.54, 1.807) is 24.3 Å². The van der Waals surface area contributed by atoms with Gasteiger partial charge in [0.15, 0.2) is 17.5 Å². The minimum Gasteiger partial charge on any atom is -0.391 e. The molecule has 14 heteroatoms. The zero-order chi connectivity index (χ0) is 31.6. The molecule has 0 saturated heterocycles. The first kappa shape index (κ1) is 31.1. The van der Waals surface area contributed by atoms with Gasteiger partial charge in [-0.05, 0) is 46.7 Å². The number of carbonyl (C=O) groups is 1. The molecule has 1 aliphatic rings. The quantitative estimate of drug-likeness (QED) is 0.0904. The van der Waals surface area contributed by atoms with E-state index >= 15 is 0 Å². The summed E-state index contributed by atoms with van der Waals surface area (Å²) < 4.78 is 83.7. The fourth-order valence-corrected chi connectivity index (χ4v) is 5.14. The second-order valence-corrected chi connectivity index (χ2v) is 10.4. The molecule has 0 saturated carbocycles. The topological polar surface area (TPSA) is 72.3 Å². The SMILES string of the molecule is O=C(NCC=NOCc1ccc(F)c(F)c1)c1ccc(C2=NOC(c3cc(Cl)c(F)c(Cl)c3)(C(F)(F)F)C2)c2ccccc12. The van der Waals surface area contributed by atoms with Crippen LogP contribution >= 0.6 is 23.2 Å². The maximum atomic E-state index is 14.5. The van der Waals surface area contributed by atoms with Gasteiger partial charge in [0.25, 0.3) is 11.5 Å². The zero-order valence-electron chi connectivity index (χ0n) is 22.2. The van der Waals surface area contributed by atoms with E-state index < -0.39 is 57.2 Å². The number of amides is 1. The van der Waals surface area contributed by atoms with Gasteiger partial charge in [-0.15, -0.1) is 0 Å². The van der Waals surface area contributed by atoms with Crippen molar-refractivity contribution < 1.29 is 40.8 Å². The van der Waals surface area contributed by atoms with Gasteiger partial charge in [-0.1, -0.05) is 69.9 Å². The lowest BCUT2D eigenvalue weighted by atomic mass is 9.85. The van der Waals surface area contributed by atoms with Gasteiger partial charge in [-0.2, -0.15) is 13.2 Å². The summed E-state index contributed by atoms with van der Waals surface area (Å²) in [5.41, 5.74) is -2.70. The van der Waals surface area contributed by atoms with Gasteiger partial charge in [0.1, 0.15) is 6.61 Å². The Labute approximate surface area is 255 Å². The molecule has 0 fully saturated rings. The lowest BCUT2D eigenvalue weighted by Gasteiger charge is -2.29. The van der Waals surface area contributed by atoms with Crippen LogP contribution in [-0.2, 0) is 21.9 Å². The fraction of sp³-hybridized carbons (Fsp3) is 0.167. The summed E-state index contributed by atoms with van der Waals surface area (Å²) in [5, 5.41) is 9.71. The highest BCUT2D eigenvalue weighted by molar-refractivity contribution is 6.35. The molecule has 4 aromatic carbocycles. The maximum Gasteiger partial charge on any atom is 0.435 e. The predicted molar refractivity (Wildman–Crippen MR) is 152 cm³/mol. The van der Waals surface area contributed by atoms with Crippen LogP contribution in [0.5, 0.6) is 0 Å². The number of nitrogens with one attached hydrogen (secondary N) is 1. The van der Waals surface area contributed by atoms with Crippen LogP contribution in [0.1, 0.15) is 33.5 Å².